The molecule has 6 heteroatoms. The first-order valence-corrected chi connectivity index (χ1v) is 11.2. The molecule has 34 heavy (non-hydrogen) atoms. The number of nitrogen functional groups attached to an aromatic ring is 1. The fourth-order valence-electron chi connectivity index (χ4n) is 4.38. The van der Waals surface area contributed by atoms with Gasteiger partial charge in [-0.3, -0.25) is 19.3 Å². The normalized spacial score (nSPS) is 12.8. The number of ketones is 1. The Balaban J connectivity index is 1.24. The van der Waals surface area contributed by atoms with E-state index in [1.807, 2.05) is 36.4 Å². The van der Waals surface area contributed by atoms with Gasteiger partial charge in [0.15, 0.2) is 5.78 Å². The van der Waals surface area contributed by atoms with Crippen LogP contribution < -0.4 is 11.1 Å². The molecule has 0 unspecified atom stereocenters. The maximum atomic E-state index is 13.0. The molecular formula is C28H23N3O3. The summed E-state index contributed by atoms with van der Waals surface area (Å²) in [5, 5.41) is 4.91. The van der Waals surface area contributed by atoms with E-state index in [4.69, 9.17) is 5.73 Å². The maximum absolute atomic E-state index is 13.0. The molecule has 6 nitrogen and oxygen atoms in total. The molecule has 4 aromatic carbocycles. The number of hydrogen-bond donors (Lipinski definition) is 2. The van der Waals surface area contributed by atoms with E-state index in [1.165, 1.54) is 4.90 Å². The number of rotatable bonds is 7. The van der Waals surface area contributed by atoms with Gasteiger partial charge in [-0.1, -0.05) is 48.5 Å². The largest absolute Gasteiger partial charge is 0.398 e. The summed E-state index contributed by atoms with van der Waals surface area (Å²) in [6, 6.07) is 25.3. The maximum Gasteiger partial charge on any atom is 0.261 e. The molecule has 0 fully saturated rings. The van der Waals surface area contributed by atoms with Gasteiger partial charge in [-0.05, 0) is 48.2 Å². The van der Waals surface area contributed by atoms with E-state index >= 15 is 0 Å². The summed E-state index contributed by atoms with van der Waals surface area (Å²) in [4.78, 5) is 40.1. The first-order chi connectivity index (χ1) is 16.5. The number of anilines is 2. The highest BCUT2D eigenvalue weighted by Crippen LogP contribution is 2.30. The van der Waals surface area contributed by atoms with E-state index in [0.29, 0.717) is 47.5 Å². The number of carbonyl (C=O) groups excluding carboxylic acids is 3. The van der Waals surface area contributed by atoms with Gasteiger partial charge in [-0.2, -0.15) is 0 Å². The Hall–Kier alpha value is -4.45. The molecule has 0 aliphatic carbocycles. The number of nitrogens with zero attached hydrogens (tertiary/aromatic N) is 1. The van der Waals surface area contributed by atoms with Gasteiger partial charge in [0.2, 0.25) is 0 Å². The van der Waals surface area contributed by atoms with Crippen LogP contribution in [0.15, 0.2) is 84.9 Å². The quantitative estimate of drug-likeness (QED) is 0.184. The minimum atomic E-state index is -0.262. The van der Waals surface area contributed by atoms with Crippen molar-refractivity contribution >= 4 is 39.7 Å². The lowest BCUT2D eigenvalue weighted by molar-refractivity contribution is 0.0610. The molecule has 3 N–H and O–H groups in total. The van der Waals surface area contributed by atoms with Crippen LogP contribution in [0.3, 0.4) is 0 Å². The van der Waals surface area contributed by atoms with Gasteiger partial charge >= 0.3 is 0 Å². The standard InChI is InChI=1S/C28H23N3O3/c29-24-14-2-1-11-21(24)26(32)19-9-3-10-20(17-19)30-15-6-16-31-27(33)22-12-4-7-18-8-5-13-23(25(18)22)28(31)34/h1-5,7-14,17,30H,6,15-16,29H2. The van der Waals surface area contributed by atoms with Crippen LogP contribution in [0, 0.1) is 0 Å². The third kappa shape index (κ3) is 3.79. The zero-order valence-electron chi connectivity index (χ0n) is 18.5. The summed E-state index contributed by atoms with van der Waals surface area (Å²) in [7, 11) is 0. The predicted octanol–water partition coefficient (Wildman–Crippen LogP) is 4.75. The van der Waals surface area contributed by atoms with Gasteiger partial charge in [-0.15, -0.1) is 0 Å². The summed E-state index contributed by atoms with van der Waals surface area (Å²) in [6.07, 6.45) is 0.569. The summed E-state index contributed by atoms with van der Waals surface area (Å²) >= 11 is 0. The van der Waals surface area contributed by atoms with Gasteiger partial charge < -0.3 is 11.1 Å². The molecule has 0 saturated carbocycles. The summed E-state index contributed by atoms with van der Waals surface area (Å²) in [5.74, 6) is -0.663. The van der Waals surface area contributed by atoms with Crippen molar-refractivity contribution in [3.8, 4) is 0 Å². The molecule has 0 saturated heterocycles. The topological polar surface area (TPSA) is 92.5 Å². The fraction of sp³-hybridized carbons (Fsp3) is 0.107. The Labute approximate surface area is 197 Å². The van der Waals surface area contributed by atoms with Gasteiger partial charge in [0, 0.05) is 52.1 Å². The first-order valence-electron chi connectivity index (χ1n) is 11.2. The molecule has 168 valence electrons. The van der Waals surface area contributed by atoms with Crippen molar-refractivity contribution in [2.75, 3.05) is 24.1 Å². The van der Waals surface area contributed by atoms with Gasteiger partial charge in [-0.25, -0.2) is 0 Å². The monoisotopic (exact) mass is 449 g/mol. The lowest BCUT2D eigenvalue weighted by atomic mass is 9.94. The summed E-state index contributed by atoms with van der Waals surface area (Å²) in [5.41, 5.74) is 9.30. The average molecular weight is 450 g/mol. The second-order valence-corrected chi connectivity index (χ2v) is 8.25. The third-order valence-electron chi connectivity index (χ3n) is 6.07. The Morgan fingerprint density at radius 2 is 1.50 bits per heavy atom. The van der Waals surface area contributed by atoms with Crippen molar-refractivity contribution in [3.05, 3.63) is 107 Å². The molecule has 0 aromatic heterocycles. The van der Waals surface area contributed by atoms with Crippen molar-refractivity contribution in [1.29, 1.82) is 0 Å². The lowest BCUT2D eigenvalue weighted by Gasteiger charge is -2.27. The summed E-state index contributed by atoms with van der Waals surface area (Å²) in [6.45, 7) is 0.836. The van der Waals surface area contributed by atoms with E-state index in [2.05, 4.69) is 5.32 Å². The molecule has 2 amide bonds. The third-order valence-corrected chi connectivity index (χ3v) is 6.07. The molecule has 1 heterocycles. The fourth-order valence-corrected chi connectivity index (χ4v) is 4.38. The molecule has 0 bridgehead atoms. The Morgan fingerprint density at radius 1 is 0.824 bits per heavy atom. The van der Waals surface area contributed by atoms with E-state index < -0.39 is 0 Å². The minimum Gasteiger partial charge on any atom is -0.398 e. The van der Waals surface area contributed by atoms with Crippen LogP contribution >= 0.6 is 0 Å². The lowest BCUT2D eigenvalue weighted by Crippen LogP contribution is -2.41. The van der Waals surface area contributed by atoms with Crippen LogP contribution in [0.1, 0.15) is 43.1 Å². The van der Waals surface area contributed by atoms with Crippen molar-refractivity contribution < 1.29 is 14.4 Å². The Kier molecular flexibility index (Phi) is 5.55. The van der Waals surface area contributed by atoms with E-state index in [0.717, 1.165) is 16.5 Å². The van der Waals surface area contributed by atoms with Crippen molar-refractivity contribution in [3.63, 3.8) is 0 Å². The van der Waals surface area contributed by atoms with Gasteiger partial charge in [0.25, 0.3) is 11.8 Å². The Bertz CT molecular complexity index is 1390. The number of para-hydroxylation sites is 1. The van der Waals surface area contributed by atoms with Crippen molar-refractivity contribution in [1.82, 2.24) is 4.90 Å². The molecular weight excluding hydrogens is 426 g/mol. The molecule has 0 atom stereocenters. The average Bonchev–Trinajstić information content (AvgIpc) is 2.86. The van der Waals surface area contributed by atoms with E-state index in [-0.39, 0.29) is 17.6 Å². The van der Waals surface area contributed by atoms with E-state index in [9.17, 15) is 14.4 Å². The smallest absolute Gasteiger partial charge is 0.261 e. The number of hydrogen-bond acceptors (Lipinski definition) is 5. The number of benzene rings is 4. The van der Waals surface area contributed by atoms with Crippen molar-refractivity contribution in [2.24, 2.45) is 0 Å². The molecule has 4 aromatic rings. The highest BCUT2D eigenvalue weighted by Gasteiger charge is 2.32. The molecule has 1 aliphatic rings. The predicted molar refractivity (Wildman–Crippen MR) is 133 cm³/mol. The van der Waals surface area contributed by atoms with Gasteiger partial charge in [0.05, 0.1) is 0 Å². The number of carbonyl (C=O) groups is 3. The first kappa shape index (κ1) is 21.4. The molecule has 1 aliphatic heterocycles. The molecule has 5 rings (SSSR count). The Morgan fingerprint density at radius 3 is 2.21 bits per heavy atom. The van der Waals surface area contributed by atoms with Crippen LogP contribution in [0.5, 0.6) is 0 Å². The zero-order valence-corrected chi connectivity index (χ0v) is 18.5. The van der Waals surface area contributed by atoms with Gasteiger partial charge in [0.1, 0.15) is 0 Å². The van der Waals surface area contributed by atoms with Crippen LogP contribution in [0.2, 0.25) is 0 Å². The van der Waals surface area contributed by atoms with Crippen LogP contribution in [0.25, 0.3) is 10.8 Å². The highest BCUT2D eigenvalue weighted by molar-refractivity contribution is 6.25. The number of amides is 2. The van der Waals surface area contributed by atoms with E-state index in [1.54, 1.807) is 48.5 Å². The second-order valence-electron chi connectivity index (χ2n) is 8.25. The zero-order chi connectivity index (χ0) is 23.7. The molecule has 0 spiro atoms. The van der Waals surface area contributed by atoms with Crippen LogP contribution in [-0.2, 0) is 0 Å². The number of imide groups is 1. The number of nitrogens with two attached hydrogens (primary N) is 1. The highest BCUT2D eigenvalue weighted by atomic mass is 16.2. The van der Waals surface area contributed by atoms with Crippen molar-refractivity contribution in [2.45, 2.75) is 6.42 Å². The SMILES string of the molecule is Nc1ccccc1C(=O)c1cccc(NCCCN2C(=O)c3cccc4cccc(c34)C2=O)c1. The summed E-state index contributed by atoms with van der Waals surface area (Å²) < 4.78 is 0. The number of nitrogens with one attached hydrogen (secondary N) is 1. The minimum absolute atomic E-state index is 0.140. The molecule has 0 radical (unpaired) electrons. The van der Waals surface area contributed by atoms with Crippen LogP contribution in [-0.4, -0.2) is 35.6 Å². The van der Waals surface area contributed by atoms with Crippen LogP contribution in [0.4, 0.5) is 11.4 Å². The second kappa shape index (κ2) is 8.83.